The van der Waals surface area contributed by atoms with Crippen molar-refractivity contribution in [3.8, 4) is 5.82 Å². The van der Waals surface area contributed by atoms with Gasteiger partial charge in [-0.3, -0.25) is 4.79 Å². The fraction of sp³-hybridized carbons (Fsp3) is 0.385. The van der Waals surface area contributed by atoms with E-state index in [1.54, 1.807) is 19.2 Å². The Morgan fingerprint density at radius 3 is 2.56 bits per heavy atom. The topological polar surface area (TPSA) is 88.2 Å². The molecule has 1 aromatic carbocycles. The van der Waals surface area contributed by atoms with E-state index in [2.05, 4.69) is 30.8 Å². The normalized spacial score (nSPS) is 14.7. The van der Waals surface area contributed by atoms with E-state index in [1.807, 2.05) is 47.3 Å². The first-order chi connectivity index (χ1) is 16.6. The number of hydrogen-bond acceptors (Lipinski definition) is 5. The second kappa shape index (κ2) is 11.3. The number of anilines is 2. The Balaban J connectivity index is 1.51. The van der Waals surface area contributed by atoms with Crippen LogP contribution in [-0.4, -0.2) is 33.5 Å². The number of carbonyl (C=O) groups is 1. The van der Waals surface area contributed by atoms with E-state index in [0.717, 1.165) is 30.6 Å². The van der Waals surface area contributed by atoms with Gasteiger partial charge < -0.3 is 20.5 Å². The summed E-state index contributed by atoms with van der Waals surface area (Å²) in [7, 11) is 1.78. The fourth-order valence-electron chi connectivity index (χ4n) is 4.41. The van der Waals surface area contributed by atoms with Gasteiger partial charge in [-0.05, 0) is 30.0 Å². The van der Waals surface area contributed by atoms with Crippen LogP contribution in [0.4, 0.5) is 17.5 Å². The van der Waals surface area contributed by atoms with Crippen molar-refractivity contribution < 1.29 is 4.79 Å². The number of nitrogens with one attached hydrogen (secondary N) is 3. The smallest absolute Gasteiger partial charge is 0.242 e. The second-order valence-corrected chi connectivity index (χ2v) is 8.71. The molecule has 1 aliphatic rings. The minimum Gasteiger partial charge on any atom is -0.358 e. The summed E-state index contributed by atoms with van der Waals surface area (Å²) in [4.78, 5) is 25.8. The van der Waals surface area contributed by atoms with Crippen LogP contribution >= 0.6 is 0 Å². The van der Waals surface area contributed by atoms with E-state index >= 15 is 0 Å². The third-order valence-corrected chi connectivity index (χ3v) is 6.27. The molecule has 2 aromatic heterocycles. The van der Waals surface area contributed by atoms with Gasteiger partial charge in [0.15, 0.2) is 5.69 Å². The molecule has 1 saturated carbocycles. The van der Waals surface area contributed by atoms with E-state index in [9.17, 15) is 4.79 Å². The first-order valence-electron chi connectivity index (χ1n) is 11.9. The van der Waals surface area contributed by atoms with Crippen molar-refractivity contribution in [2.45, 2.75) is 51.1 Å². The minimum absolute atomic E-state index is 0.0491. The summed E-state index contributed by atoms with van der Waals surface area (Å²) in [6.07, 6.45) is 10.7. The Morgan fingerprint density at radius 1 is 1.15 bits per heavy atom. The standard InChI is InChI=1S/C26H31N7O/c1-27-21-12-10-20(11-13-21)18-29-25(34)22(16-19-8-4-3-5-9-19)30-23-17-24(32-26(28-2)31-23)33-14-6-7-15-33/h6-7,10-15,17,19,22H,3-5,8-9,16,18H2,2H3,(H,29,34)(H2,28,30,31,32)/t22-/m1/s1. The summed E-state index contributed by atoms with van der Waals surface area (Å²) >= 11 is 0. The molecule has 0 radical (unpaired) electrons. The summed E-state index contributed by atoms with van der Waals surface area (Å²) in [5.41, 5.74) is 1.56. The molecule has 0 aliphatic heterocycles. The lowest BCUT2D eigenvalue weighted by Gasteiger charge is -2.27. The largest absolute Gasteiger partial charge is 0.358 e. The maximum Gasteiger partial charge on any atom is 0.242 e. The summed E-state index contributed by atoms with van der Waals surface area (Å²) in [5, 5.41) is 9.49. The van der Waals surface area contributed by atoms with Crippen LogP contribution in [0.3, 0.4) is 0 Å². The highest BCUT2D eigenvalue weighted by Gasteiger charge is 2.25. The first kappa shape index (κ1) is 23.3. The van der Waals surface area contributed by atoms with Crippen LogP contribution in [0.15, 0.2) is 54.9 Å². The molecule has 3 aromatic rings. The van der Waals surface area contributed by atoms with Crippen molar-refractivity contribution in [1.82, 2.24) is 19.9 Å². The van der Waals surface area contributed by atoms with Crippen LogP contribution in [0.2, 0.25) is 0 Å². The first-order valence-corrected chi connectivity index (χ1v) is 11.9. The molecule has 176 valence electrons. The molecule has 3 N–H and O–H groups in total. The lowest BCUT2D eigenvalue weighted by atomic mass is 9.84. The maximum atomic E-state index is 13.3. The quantitative estimate of drug-likeness (QED) is 0.397. The molecule has 1 fully saturated rings. The van der Waals surface area contributed by atoms with Gasteiger partial charge >= 0.3 is 0 Å². The molecule has 0 bridgehead atoms. The zero-order chi connectivity index (χ0) is 23.8. The van der Waals surface area contributed by atoms with Gasteiger partial charge in [0.2, 0.25) is 11.9 Å². The molecule has 8 heteroatoms. The predicted octanol–water partition coefficient (Wildman–Crippen LogP) is 4.93. The maximum absolute atomic E-state index is 13.3. The zero-order valence-electron chi connectivity index (χ0n) is 19.5. The van der Waals surface area contributed by atoms with Gasteiger partial charge in [0.05, 0.1) is 6.57 Å². The minimum atomic E-state index is -0.400. The number of hydrogen-bond donors (Lipinski definition) is 3. The molecule has 1 atom stereocenters. The molecule has 1 amide bonds. The lowest BCUT2D eigenvalue weighted by Crippen LogP contribution is -2.41. The summed E-state index contributed by atoms with van der Waals surface area (Å²) in [5.74, 6) is 2.30. The molecule has 0 unspecified atom stereocenters. The van der Waals surface area contributed by atoms with Gasteiger partial charge in [-0.15, -0.1) is 0 Å². The van der Waals surface area contributed by atoms with E-state index in [1.165, 1.54) is 19.3 Å². The van der Waals surface area contributed by atoms with Crippen LogP contribution in [0.25, 0.3) is 10.7 Å². The molecule has 4 rings (SSSR count). The van der Waals surface area contributed by atoms with Gasteiger partial charge in [0.25, 0.3) is 0 Å². The Kier molecular flexibility index (Phi) is 7.76. The van der Waals surface area contributed by atoms with Crippen molar-refractivity contribution in [3.05, 3.63) is 71.8 Å². The Hall–Kier alpha value is -3.86. The number of amides is 1. The van der Waals surface area contributed by atoms with E-state index < -0.39 is 6.04 Å². The van der Waals surface area contributed by atoms with Gasteiger partial charge in [0.1, 0.15) is 17.7 Å². The number of carbonyl (C=O) groups excluding carboxylic acids is 1. The third kappa shape index (κ3) is 6.13. The van der Waals surface area contributed by atoms with Gasteiger partial charge in [-0.2, -0.15) is 9.97 Å². The van der Waals surface area contributed by atoms with Gasteiger partial charge in [-0.1, -0.05) is 56.4 Å². The van der Waals surface area contributed by atoms with Crippen LogP contribution < -0.4 is 16.0 Å². The number of rotatable bonds is 9. The van der Waals surface area contributed by atoms with Crippen LogP contribution in [0.1, 0.15) is 44.1 Å². The third-order valence-electron chi connectivity index (χ3n) is 6.27. The van der Waals surface area contributed by atoms with Crippen LogP contribution in [0.5, 0.6) is 0 Å². The second-order valence-electron chi connectivity index (χ2n) is 8.71. The molecule has 0 saturated heterocycles. The van der Waals surface area contributed by atoms with Crippen molar-refractivity contribution >= 4 is 23.4 Å². The fourth-order valence-corrected chi connectivity index (χ4v) is 4.41. The average molecular weight is 458 g/mol. The molecule has 34 heavy (non-hydrogen) atoms. The highest BCUT2D eigenvalue weighted by Crippen LogP contribution is 2.28. The Labute approximate surface area is 200 Å². The molecule has 1 aliphatic carbocycles. The highest BCUT2D eigenvalue weighted by molar-refractivity contribution is 5.84. The molecule has 2 heterocycles. The molecular formula is C26H31N7O. The van der Waals surface area contributed by atoms with Crippen molar-refractivity contribution in [1.29, 1.82) is 0 Å². The summed E-state index contributed by atoms with van der Waals surface area (Å²) < 4.78 is 1.91. The molecule has 8 nitrogen and oxygen atoms in total. The lowest BCUT2D eigenvalue weighted by molar-refractivity contribution is -0.122. The highest BCUT2D eigenvalue weighted by atomic mass is 16.2. The van der Waals surface area contributed by atoms with E-state index in [0.29, 0.717) is 29.9 Å². The predicted molar refractivity (Wildman–Crippen MR) is 134 cm³/mol. The van der Waals surface area contributed by atoms with Crippen molar-refractivity contribution in [2.24, 2.45) is 5.92 Å². The van der Waals surface area contributed by atoms with Crippen LogP contribution in [0, 0.1) is 12.5 Å². The zero-order valence-corrected chi connectivity index (χ0v) is 19.5. The van der Waals surface area contributed by atoms with Crippen molar-refractivity contribution in [2.75, 3.05) is 17.7 Å². The van der Waals surface area contributed by atoms with E-state index in [-0.39, 0.29) is 5.91 Å². The summed E-state index contributed by atoms with van der Waals surface area (Å²) in [6.45, 7) is 7.51. The molecule has 0 spiro atoms. The monoisotopic (exact) mass is 457 g/mol. The number of aromatic nitrogens is 3. The van der Waals surface area contributed by atoms with Gasteiger partial charge in [-0.25, -0.2) is 4.85 Å². The molecular weight excluding hydrogens is 426 g/mol. The Bertz CT molecular complexity index is 1110. The van der Waals surface area contributed by atoms with Crippen molar-refractivity contribution in [3.63, 3.8) is 0 Å². The average Bonchev–Trinajstić information content (AvgIpc) is 3.43. The summed E-state index contributed by atoms with van der Waals surface area (Å²) in [6, 6.07) is 12.7. The number of benzene rings is 1. The Morgan fingerprint density at radius 2 is 1.88 bits per heavy atom. The van der Waals surface area contributed by atoms with E-state index in [4.69, 9.17) is 6.57 Å². The van der Waals surface area contributed by atoms with Gasteiger partial charge in [0, 0.05) is 32.1 Å². The SMILES string of the molecule is [C-]#[N+]c1ccc(CNC(=O)[C@@H](CC2CCCCC2)Nc2cc(-n3cccc3)nc(NC)n2)cc1. The number of nitrogens with zero attached hydrogens (tertiary/aromatic N) is 4. The van der Waals surface area contributed by atoms with Crippen LogP contribution in [-0.2, 0) is 11.3 Å².